The maximum Gasteiger partial charge on any atom is 0.0361 e. The van der Waals surface area contributed by atoms with Crippen LogP contribution in [0.3, 0.4) is 0 Å². The van der Waals surface area contributed by atoms with E-state index in [0.717, 1.165) is 0 Å². The van der Waals surface area contributed by atoms with Crippen LogP contribution in [0, 0.1) is 7.14 Å². The Morgan fingerprint density at radius 2 is 0.738 bits per heavy atom. The molecule has 0 fully saturated rings. The van der Waals surface area contributed by atoms with E-state index in [2.05, 4.69) is 191 Å². The second kappa shape index (κ2) is 12.3. The van der Waals surface area contributed by atoms with Gasteiger partial charge in [0, 0.05) is 37.8 Å². The molecule has 0 nitrogen and oxygen atoms in total. The fourth-order valence-electron chi connectivity index (χ4n) is 5.32. The minimum atomic E-state index is 1.22. The number of thiophene rings is 2. The lowest BCUT2D eigenvalue weighted by atomic mass is 9.90. The minimum Gasteiger partial charge on any atom is -0.136 e. The first kappa shape index (κ1) is 27.8. The maximum absolute atomic E-state index is 2.35. The third-order valence-corrected chi connectivity index (χ3v) is 10.9. The summed E-state index contributed by atoms with van der Waals surface area (Å²) in [5.74, 6) is 0. The van der Waals surface area contributed by atoms with Crippen LogP contribution >= 0.6 is 67.9 Å². The molecule has 0 spiro atoms. The fraction of sp³-hybridized carbons (Fsp3) is 0. The van der Waals surface area contributed by atoms with E-state index in [9.17, 15) is 0 Å². The van der Waals surface area contributed by atoms with Gasteiger partial charge in [0.1, 0.15) is 0 Å². The lowest BCUT2D eigenvalue weighted by Gasteiger charge is -2.15. The lowest BCUT2D eigenvalue weighted by molar-refractivity contribution is 1.61. The number of fused-ring (bicyclic) bond motifs is 2. The van der Waals surface area contributed by atoms with Gasteiger partial charge in [0.05, 0.1) is 0 Å². The average molecular weight is 799 g/mol. The first-order valence-electron chi connectivity index (χ1n) is 13.6. The zero-order valence-corrected chi connectivity index (χ0v) is 28.4. The highest BCUT2D eigenvalue weighted by atomic mass is 127. The standard InChI is InChI=1S/C38H24I2S2/c39-27-15-9-25(10-16-27)13-19-29-21-23-35(41-29)37-31-5-1-2-6-32(31)38(34-8-4-3-7-33(34)37)36-24-22-30(42-36)20-14-26-11-17-28(40)18-12-26/h1-24H. The van der Waals surface area contributed by atoms with Gasteiger partial charge in [-0.2, -0.15) is 0 Å². The van der Waals surface area contributed by atoms with Gasteiger partial charge in [0.15, 0.2) is 0 Å². The quantitative estimate of drug-likeness (QED) is 0.116. The predicted octanol–water partition coefficient (Wildman–Crippen LogP) is 13.0. The molecule has 0 aliphatic rings. The van der Waals surface area contributed by atoms with Crippen molar-refractivity contribution >= 4 is 114 Å². The Bertz CT molecular complexity index is 1880. The van der Waals surface area contributed by atoms with E-state index in [1.54, 1.807) is 0 Å². The van der Waals surface area contributed by atoms with Gasteiger partial charge >= 0.3 is 0 Å². The van der Waals surface area contributed by atoms with E-state index >= 15 is 0 Å². The molecule has 0 aliphatic carbocycles. The summed E-state index contributed by atoms with van der Waals surface area (Å²) in [6, 6.07) is 44.1. The van der Waals surface area contributed by atoms with Crippen LogP contribution in [0.25, 0.3) is 66.7 Å². The molecule has 0 saturated carbocycles. The molecule has 7 aromatic rings. The molecular formula is C38H24I2S2. The van der Waals surface area contributed by atoms with Crippen molar-refractivity contribution in [2.24, 2.45) is 0 Å². The van der Waals surface area contributed by atoms with E-state index in [1.807, 2.05) is 22.7 Å². The molecule has 2 heterocycles. The van der Waals surface area contributed by atoms with Crippen LogP contribution in [0.2, 0.25) is 0 Å². The van der Waals surface area contributed by atoms with Gasteiger partial charge in [-0.15, -0.1) is 22.7 Å². The molecule has 0 atom stereocenters. The van der Waals surface area contributed by atoms with Crippen molar-refractivity contribution in [1.29, 1.82) is 0 Å². The van der Waals surface area contributed by atoms with Crippen LogP contribution < -0.4 is 0 Å². The van der Waals surface area contributed by atoms with Crippen molar-refractivity contribution in [1.82, 2.24) is 0 Å². The number of rotatable bonds is 6. The molecular weight excluding hydrogens is 774 g/mol. The molecule has 7 rings (SSSR count). The van der Waals surface area contributed by atoms with E-state index < -0.39 is 0 Å². The highest BCUT2D eigenvalue weighted by molar-refractivity contribution is 14.1. The van der Waals surface area contributed by atoms with Crippen molar-refractivity contribution in [2.45, 2.75) is 0 Å². The SMILES string of the molecule is Ic1ccc(C=Cc2ccc(-c3c4ccccc4c(-c4ccc(C=Cc5ccc(I)cc5)s4)c4ccccc34)s2)cc1. The number of hydrogen-bond donors (Lipinski definition) is 0. The Balaban J connectivity index is 1.31. The lowest BCUT2D eigenvalue weighted by Crippen LogP contribution is -1.87. The average Bonchev–Trinajstić information content (AvgIpc) is 3.69. The first-order valence-corrected chi connectivity index (χ1v) is 17.4. The largest absolute Gasteiger partial charge is 0.136 e. The van der Waals surface area contributed by atoms with Gasteiger partial charge in [-0.25, -0.2) is 0 Å². The Morgan fingerprint density at radius 3 is 1.10 bits per heavy atom. The summed E-state index contributed by atoms with van der Waals surface area (Å²) in [4.78, 5) is 5.10. The maximum atomic E-state index is 2.35. The Labute approximate surface area is 281 Å². The molecule has 0 saturated heterocycles. The summed E-state index contributed by atoms with van der Waals surface area (Å²) in [6.45, 7) is 0. The number of benzene rings is 5. The van der Waals surface area contributed by atoms with Gasteiger partial charge in [-0.05, 0) is 139 Å². The van der Waals surface area contributed by atoms with E-state index in [-0.39, 0.29) is 0 Å². The zero-order valence-electron chi connectivity index (χ0n) is 22.4. The molecule has 202 valence electrons. The Hall–Kier alpha value is -3.04. The first-order chi connectivity index (χ1) is 20.6. The third kappa shape index (κ3) is 5.78. The summed E-state index contributed by atoms with van der Waals surface area (Å²) in [6.07, 6.45) is 8.86. The smallest absolute Gasteiger partial charge is 0.0361 e. The predicted molar refractivity (Wildman–Crippen MR) is 204 cm³/mol. The van der Waals surface area contributed by atoms with Crippen LogP contribution in [0.5, 0.6) is 0 Å². The molecule has 0 amide bonds. The van der Waals surface area contributed by atoms with Gasteiger partial charge in [0.2, 0.25) is 0 Å². The third-order valence-electron chi connectivity index (χ3n) is 7.30. The summed E-state index contributed by atoms with van der Waals surface area (Å²) in [7, 11) is 0. The van der Waals surface area contributed by atoms with Crippen molar-refractivity contribution in [3.05, 3.63) is 149 Å². The van der Waals surface area contributed by atoms with Crippen molar-refractivity contribution in [3.63, 3.8) is 0 Å². The van der Waals surface area contributed by atoms with E-state index in [1.165, 1.54) is 70.4 Å². The summed E-state index contributed by atoms with van der Waals surface area (Å²) in [5, 5.41) is 5.19. The highest BCUT2D eigenvalue weighted by Gasteiger charge is 2.18. The number of hydrogen-bond acceptors (Lipinski definition) is 2. The summed E-state index contributed by atoms with van der Waals surface area (Å²) < 4.78 is 2.50. The summed E-state index contributed by atoms with van der Waals surface area (Å²) >= 11 is 8.41. The van der Waals surface area contributed by atoms with Crippen molar-refractivity contribution in [2.75, 3.05) is 0 Å². The van der Waals surface area contributed by atoms with Crippen LogP contribution in [0.15, 0.2) is 121 Å². The fourth-order valence-corrected chi connectivity index (χ4v) is 8.00. The second-order valence-electron chi connectivity index (χ2n) is 10.0. The topological polar surface area (TPSA) is 0 Å². The number of halogens is 2. The molecule has 5 aromatic carbocycles. The summed E-state index contributed by atoms with van der Waals surface area (Å²) in [5.41, 5.74) is 5.07. The normalized spacial score (nSPS) is 11.9. The second-order valence-corrected chi connectivity index (χ2v) is 14.7. The minimum absolute atomic E-state index is 1.22. The van der Waals surface area contributed by atoms with E-state index in [4.69, 9.17) is 0 Å². The molecule has 4 heteroatoms. The Morgan fingerprint density at radius 1 is 0.381 bits per heavy atom. The van der Waals surface area contributed by atoms with Gasteiger partial charge in [0.25, 0.3) is 0 Å². The van der Waals surface area contributed by atoms with Crippen LogP contribution in [0.1, 0.15) is 20.9 Å². The molecule has 0 radical (unpaired) electrons. The van der Waals surface area contributed by atoms with Crippen molar-refractivity contribution in [3.8, 4) is 20.9 Å². The van der Waals surface area contributed by atoms with Crippen LogP contribution in [-0.2, 0) is 0 Å². The molecule has 2 aromatic heterocycles. The van der Waals surface area contributed by atoms with E-state index in [0.29, 0.717) is 0 Å². The molecule has 0 unspecified atom stereocenters. The monoisotopic (exact) mass is 798 g/mol. The zero-order chi connectivity index (χ0) is 28.5. The van der Waals surface area contributed by atoms with Crippen LogP contribution in [0.4, 0.5) is 0 Å². The molecule has 0 aliphatic heterocycles. The van der Waals surface area contributed by atoms with Crippen molar-refractivity contribution < 1.29 is 0 Å². The molecule has 0 bridgehead atoms. The Kier molecular flexibility index (Phi) is 8.13. The molecule has 0 N–H and O–H groups in total. The van der Waals surface area contributed by atoms with Gasteiger partial charge in [-0.1, -0.05) is 84.9 Å². The van der Waals surface area contributed by atoms with Crippen LogP contribution in [-0.4, -0.2) is 0 Å². The van der Waals surface area contributed by atoms with Gasteiger partial charge in [-0.3, -0.25) is 0 Å². The highest BCUT2D eigenvalue weighted by Crippen LogP contribution is 2.46. The van der Waals surface area contributed by atoms with Gasteiger partial charge < -0.3 is 0 Å². The molecule has 42 heavy (non-hydrogen) atoms.